The smallest absolute Gasteiger partial charge is 0.329 e. The van der Waals surface area contributed by atoms with Crippen LogP contribution < -0.4 is 31.9 Å². The number of anilines is 2. The summed E-state index contributed by atoms with van der Waals surface area (Å²) < 4.78 is 19.5. The van der Waals surface area contributed by atoms with Crippen molar-refractivity contribution in [2.24, 2.45) is 18.9 Å². The van der Waals surface area contributed by atoms with Gasteiger partial charge in [-0.05, 0) is 117 Å². The highest BCUT2D eigenvalue weighted by Crippen LogP contribution is 2.34. The Bertz CT molecular complexity index is 2960. The van der Waals surface area contributed by atoms with Gasteiger partial charge in [-0.25, -0.2) is 9.18 Å². The van der Waals surface area contributed by atoms with Crippen LogP contribution in [0.15, 0.2) is 77.6 Å². The first-order valence-electron chi connectivity index (χ1n) is 25.2. The molecule has 366 valence electrons. The summed E-state index contributed by atoms with van der Waals surface area (Å²) in [6.07, 6.45) is 4.27. The molecule has 15 heteroatoms. The maximum absolute atomic E-state index is 16.4. The number of halogens is 1. The molecule has 5 saturated heterocycles. The van der Waals surface area contributed by atoms with Gasteiger partial charge in [-0.3, -0.25) is 33.6 Å². The number of imide groups is 1. The van der Waals surface area contributed by atoms with Crippen molar-refractivity contribution in [2.75, 3.05) is 69.1 Å². The first-order chi connectivity index (χ1) is 33.8. The van der Waals surface area contributed by atoms with Gasteiger partial charge in [0, 0.05) is 106 Å². The fraction of sp³-hybridized carbons (Fsp3) is 0.473. The van der Waals surface area contributed by atoms with Crippen molar-refractivity contribution in [1.29, 1.82) is 0 Å². The Morgan fingerprint density at radius 2 is 1.60 bits per heavy atom. The lowest BCUT2D eigenvalue weighted by Gasteiger charge is -2.42. The zero-order valence-corrected chi connectivity index (χ0v) is 40.5. The summed E-state index contributed by atoms with van der Waals surface area (Å²) in [5.41, 5.74) is 5.21. The highest BCUT2D eigenvalue weighted by Gasteiger charge is 2.40. The summed E-state index contributed by atoms with van der Waals surface area (Å²) in [6, 6.07) is 23.6. The molecule has 5 aromatic rings. The third kappa shape index (κ3) is 9.68. The van der Waals surface area contributed by atoms with Crippen LogP contribution in [0, 0.1) is 30.6 Å². The number of imidazole rings is 1. The van der Waals surface area contributed by atoms with E-state index in [9.17, 15) is 24.0 Å². The second-order valence-corrected chi connectivity index (χ2v) is 20.4. The van der Waals surface area contributed by atoms with Crippen LogP contribution >= 0.6 is 0 Å². The summed E-state index contributed by atoms with van der Waals surface area (Å²) in [5.74, 6) is 6.38. The number of nitrogens with one attached hydrogen (secondary N) is 4. The topological polar surface area (TPSA) is 153 Å². The predicted octanol–water partition coefficient (Wildman–Crippen LogP) is 5.96. The minimum atomic E-state index is -1.33. The molecule has 0 saturated carbocycles. The van der Waals surface area contributed by atoms with Crippen LogP contribution in [0.4, 0.5) is 15.8 Å². The Hall–Kier alpha value is -6.50. The van der Waals surface area contributed by atoms with Crippen LogP contribution in [0.5, 0.6) is 0 Å². The molecule has 1 unspecified atom stereocenters. The Morgan fingerprint density at radius 1 is 0.857 bits per heavy atom. The Kier molecular flexibility index (Phi) is 13.3. The van der Waals surface area contributed by atoms with Crippen molar-refractivity contribution in [2.45, 2.75) is 89.0 Å². The lowest BCUT2D eigenvalue weighted by atomic mass is 9.88. The summed E-state index contributed by atoms with van der Waals surface area (Å²) >= 11 is 0. The van der Waals surface area contributed by atoms with Gasteiger partial charge in [-0.15, -0.1) is 0 Å². The number of alkyl halides is 1. The standard InChI is InChI=1S/C55H64FN9O5/c1-35-8-12-40(59-41-32-57-33-41)30-46(35)51(67)58-36(2)43-14-11-38(44-6-4-5-7-45(43)44)10-9-37-18-24-62(25-19-37)34-55(56)22-28-64(29-23-55)53(69)39-20-26-63(27-21-39)42-13-15-47-49(31-42)61(3)54(70)65(47)48-16-17-50(66)60-52(48)68/h4-8,11-15,30-31,36-37,39,41,48,57,59H,16-29,32-34H2,1-3H3,(H,58,67)(H,60,66,68)/t36-,48?/m1/s1. The molecule has 4 amide bonds. The normalized spacial score (nSPS) is 20.9. The molecule has 6 heterocycles. The van der Waals surface area contributed by atoms with Crippen molar-refractivity contribution < 1.29 is 23.6 Å². The molecule has 5 aliphatic rings. The number of aromatic nitrogens is 2. The number of hydrogen-bond donors (Lipinski definition) is 4. The van der Waals surface area contributed by atoms with E-state index in [0.717, 1.165) is 77.9 Å². The molecule has 5 aliphatic heterocycles. The van der Waals surface area contributed by atoms with E-state index in [1.807, 2.05) is 67.3 Å². The molecule has 4 aromatic carbocycles. The van der Waals surface area contributed by atoms with Gasteiger partial charge in [-0.1, -0.05) is 48.2 Å². The summed E-state index contributed by atoms with van der Waals surface area (Å²) in [7, 11) is 1.69. The first kappa shape index (κ1) is 47.2. The lowest BCUT2D eigenvalue weighted by Crippen LogP contribution is -2.52. The fourth-order valence-electron chi connectivity index (χ4n) is 11.3. The number of fused-ring (bicyclic) bond motifs is 2. The molecule has 0 spiro atoms. The SMILES string of the molecule is Cc1ccc(NC2CNC2)cc1C(=O)N[C@H](C)c1ccc(C#CC2CCN(CC3(F)CCN(C(=O)C4CCN(c5ccc6c(c5)n(C)c(=O)n6C5CCC(=O)NC5=O)CC4)CC3)CC2)c2ccccc12. The number of carbonyl (C=O) groups excluding carboxylic acids is 4. The molecular formula is C55H64FN9O5. The van der Waals surface area contributed by atoms with Crippen molar-refractivity contribution in [3.05, 3.63) is 106 Å². The van der Waals surface area contributed by atoms with E-state index in [1.54, 1.807) is 11.6 Å². The molecule has 70 heavy (non-hydrogen) atoms. The minimum absolute atomic E-state index is 0.101. The average Bonchev–Trinajstić information content (AvgIpc) is 3.60. The second kappa shape index (κ2) is 19.7. The number of aryl methyl sites for hydroxylation is 2. The molecule has 10 rings (SSSR count). The second-order valence-electron chi connectivity index (χ2n) is 20.4. The summed E-state index contributed by atoms with van der Waals surface area (Å²) in [5, 5.41) is 14.5. The number of hydrogen-bond acceptors (Lipinski definition) is 9. The number of rotatable bonds is 10. The molecular weight excluding hydrogens is 886 g/mol. The Balaban J connectivity index is 0.688. The number of amides is 4. The third-order valence-electron chi connectivity index (χ3n) is 15.7. The van der Waals surface area contributed by atoms with E-state index in [0.29, 0.717) is 81.0 Å². The van der Waals surface area contributed by atoms with Gasteiger partial charge in [0.25, 0.3) is 5.91 Å². The minimum Gasteiger partial charge on any atom is -0.380 e. The molecule has 14 nitrogen and oxygen atoms in total. The van der Waals surface area contributed by atoms with Crippen LogP contribution in [0.25, 0.3) is 21.8 Å². The molecule has 5 fully saturated rings. The first-order valence-corrected chi connectivity index (χ1v) is 25.2. The van der Waals surface area contributed by atoms with E-state index in [2.05, 4.69) is 67.2 Å². The molecule has 2 atom stereocenters. The van der Waals surface area contributed by atoms with Gasteiger partial charge < -0.3 is 30.7 Å². The van der Waals surface area contributed by atoms with Gasteiger partial charge in [0.2, 0.25) is 17.7 Å². The van der Waals surface area contributed by atoms with Gasteiger partial charge in [0.05, 0.1) is 23.1 Å². The Morgan fingerprint density at radius 3 is 2.31 bits per heavy atom. The number of carbonyl (C=O) groups is 4. The van der Waals surface area contributed by atoms with Crippen molar-refractivity contribution in [3.8, 4) is 11.8 Å². The molecule has 1 aromatic heterocycles. The van der Waals surface area contributed by atoms with E-state index in [1.165, 1.54) is 4.57 Å². The van der Waals surface area contributed by atoms with Gasteiger partial charge in [-0.2, -0.15) is 0 Å². The fourth-order valence-corrected chi connectivity index (χ4v) is 11.3. The third-order valence-corrected chi connectivity index (χ3v) is 15.7. The number of nitrogens with zero attached hydrogens (tertiary/aromatic N) is 5. The van der Waals surface area contributed by atoms with Crippen molar-refractivity contribution in [3.63, 3.8) is 0 Å². The molecule has 0 radical (unpaired) electrons. The largest absolute Gasteiger partial charge is 0.380 e. The van der Waals surface area contributed by atoms with Crippen molar-refractivity contribution in [1.82, 2.24) is 34.9 Å². The van der Waals surface area contributed by atoms with E-state index in [4.69, 9.17) is 0 Å². The molecule has 0 bridgehead atoms. The highest BCUT2D eigenvalue weighted by molar-refractivity contribution is 6.00. The van der Waals surface area contributed by atoms with E-state index < -0.39 is 17.6 Å². The maximum atomic E-state index is 16.4. The summed E-state index contributed by atoms with van der Waals surface area (Å²) in [6.45, 7) is 9.99. The lowest BCUT2D eigenvalue weighted by molar-refractivity contribution is -0.139. The van der Waals surface area contributed by atoms with Crippen LogP contribution in [0.2, 0.25) is 0 Å². The maximum Gasteiger partial charge on any atom is 0.329 e. The van der Waals surface area contributed by atoms with Crippen LogP contribution in [-0.4, -0.2) is 113 Å². The molecule has 4 N–H and O–H groups in total. The predicted molar refractivity (Wildman–Crippen MR) is 271 cm³/mol. The highest BCUT2D eigenvalue weighted by atomic mass is 19.1. The van der Waals surface area contributed by atoms with E-state index >= 15 is 4.39 Å². The van der Waals surface area contributed by atoms with Crippen molar-refractivity contribution >= 4 is 56.8 Å². The monoisotopic (exact) mass is 950 g/mol. The average molecular weight is 950 g/mol. The zero-order valence-electron chi connectivity index (χ0n) is 40.5. The zero-order chi connectivity index (χ0) is 48.7. The van der Waals surface area contributed by atoms with Crippen LogP contribution in [0.1, 0.15) is 97.4 Å². The van der Waals surface area contributed by atoms with Crippen LogP contribution in [-0.2, 0) is 21.4 Å². The van der Waals surface area contributed by atoms with Crippen LogP contribution in [0.3, 0.4) is 0 Å². The Labute approximate surface area is 408 Å². The van der Waals surface area contributed by atoms with Gasteiger partial charge >= 0.3 is 5.69 Å². The number of benzene rings is 4. The van der Waals surface area contributed by atoms with Gasteiger partial charge in [0.1, 0.15) is 11.7 Å². The quantitative estimate of drug-likeness (QED) is 0.0982. The number of piperidine rings is 4. The van der Waals surface area contributed by atoms with E-state index in [-0.39, 0.29) is 54.1 Å². The number of likely N-dealkylation sites (tertiary alicyclic amines) is 2. The van der Waals surface area contributed by atoms with Gasteiger partial charge in [0.15, 0.2) is 0 Å². The molecule has 0 aliphatic carbocycles. The summed E-state index contributed by atoms with van der Waals surface area (Å²) in [4.78, 5) is 71.3.